The summed E-state index contributed by atoms with van der Waals surface area (Å²) in [6.07, 6.45) is 2.98. The highest BCUT2D eigenvalue weighted by atomic mass is 16.1. The molecule has 13 heavy (non-hydrogen) atoms. The molecule has 0 spiro atoms. The van der Waals surface area contributed by atoms with Crippen LogP contribution in [0.15, 0.2) is 23.3 Å². The van der Waals surface area contributed by atoms with E-state index in [4.69, 9.17) is 5.73 Å². The van der Waals surface area contributed by atoms with Gasteiger partial charge in [0.15, 0.2) is 0 Å². The molecule has 0 bridgehead atoms. The number of rotatable bonds is 0. The van der Waals surface area contributed by atoms with Gasteiger partial charge in [-0.3, -0.25) is 4.79 Å². The van der Waals surface area contributed by atoms with Crippen LogP contribution < -0.4 is 11.3 Å². The molecule has 0 radical (unpaired) electrons. The smallest absolute Gasteiger partial charge is 0.259 e. The zero-order chi connectivity index (χ0) is 9.42. The van der Waals surface area contributed by atoms with Crippen molar-refractivity contribution in [2.24, 2.45) is 0 Å². The number of aryl methyl sites for hydroxylation is 1. The Balaban J connectivity index is 2.95. The van der Waals surface area contributed by atoms with Gasteiger partial charge in [0.2, 0.25) is 5.78 Å². The molecule has 0 aliphatic carbocycles. The largest absolute Gasteiger partial charge is 0.396 e. The van der Waals surface area contributed by atoms with Crippen molar-refractivity contribution in [1.29, 1.82) is 0 Å². The second-order valence-corrected chi connectivity index (χ2v) is 2.79. The van der Waals surface area contributed by atoms with E-state index in [-0.39, 0.29) is 5.56 Å². The van der Waals surface area contributed by atoms with E-state index < -0.39 is 0 Å². The molecule has 2 rings (SSSR count). The first-order chi connectivity index (χ1) is 6.16. The molecular weight excluding hydrogens is 168 g/mol. The molecule has 2 heterocycles. The van der Waals surface area contributed by atoms with Crippen LogP contribution in [0.3, 0.4) is 0 Å². The second-order valence-electron chi connectivity index (χ2n) is 2.79. The molecule has 5 nitrogen and oxygen atoms in total. The number of nitrogen functional groups attached to an aromatic ring is 1. The Labute approximate surface area is 73.9 Å². The first-order valence-corrected chi connectivity index (χ1v) is 3.78. The van der Waals surface area contributed by atoms with Crippen LogP contribution in [0.5, 0.6) is 0 Å². The maximum absolute atomic E-state index is 11.4. The van der Waals surface area contributed by atoms with Crippen LogP contribution >= 0.6 is 0 Å². The van der Waals surface area contributed by atoms with Crippen LogP contribution in [0.2, 0.25) is 0 Å². The van der Waals surface area contributed by atoms with Crippen LogP contribution in [0.25, 0.3) is 5.78 Å². The van der Waals surface area contributed by atoms with Gasteiger partial charge in [0, 0.05) is 18.0 Å². The molecular formula is C8H8N4O. The monoisotopic (exact) mass is 176 g/mol. The van der Waals surface area contributed by atoms with E-state index in [0.717, 1.165) is 0 Å². The van der Waals surface area contributed by atoms with Gasteiger partial charge in [0.1, 0.15) is 0 Å². The molecule has 66 valence electrons. The molecule has 2 aromatic rings. The molecule has 0 saturated heterocycles. The molecule has 0 atom stereocenters. The first kappa shape index (κ1) is 7.72. The van der Waals surface area contributed by atoms with Gasteiger partial charge < -0.3 is 5.73 Å². The van der Waals surface area contributed by atoms with E-state index in [1.807, 2.05) is 0 Å². The zero-order valence-electron chi connectivity index (χ0n) is 7.06. The van der Waals surface area contributed by atoms with E-state index >= 15 is 0 Å². The second kappa shape index (κ2) is 2.55. The van der Waals surface area contributed by atoms with Gasteiger partial charge in [-0.15, -0.1) is 0 Å². The van der Waals surface area contributed by atoms with Crippen LogP contribution in [0.4, 0.5) is 5.69 Å². The number of nitrogens with zero attached hydrogens (tertiary/aromatic N) is 3. The van der Waals surface area contributed by atoms with Gasteiger partial charge in [-0.2, -0.15) is 0 Å². The third-order valence-corrected chi connectivity index (χ3v) is 1.67. The summed E-state index contributed by atoms with van der Waals surface area (Å²) in [4.78, 5) is 19.4. The summed E-state index contributed by atoms with van der Waals surface area (Å²) in [5.41, 5.74) is 6.42. The minimum Gasteiger partial charge on any atom is -0.396 e. The maximum Gasteiger partial charge on any atom is 0.259 e. The van der Waals surface area contributed by atoms with Crippen molar-refractivity contribution < 1.29 is 0 Å². The number of aromatic nitrogens is 3. The fourth-order valence-corrected chi connectivity index (χ4v) is 1.12. The molecule has 5 heteroatoms. The van der Waals surface area contributed by atoms with Crippen molar-refractivity contribution in [3.63, 3.8) is 0 Å². The number of hydrogen-bond acceptors (Lipinski definition) is 4. The van der Waals surface area contributed by atoms with Crippen molar-refractivity contribution in [2.75, 3.05) is 5.73 Å². The Hall–Kier alpha value is -1.91. The zero-order valence-corrected chi connectivity index (χ0v) is 7.06. The van der Waals surface area contributed by atoms with Gasteiger partial charge in [-0.25, -0.2) is 14.4 Å². The summed E-state index contributed by atoms with van der Waals surface area (Å²) in [5.74, 6) is 0.374. The number of nitrogens with two attached hydrogens (primary N) is 1. The normalized spacial score (nSPS) is 10.5. The Morgan fingerprint density at radius 1 is 1.54 bits per heavy atom. The Morgan fingerprint density at radius 3 is 3.08 bits per heavy atom. The van der Waals surface area contributed by atoms with Crippen molar-refractivity contribution in [3.8, 4) is 0 Å². The van der Waals surface area contributed by atoms with Crippen LogP contribution in [0, 0.1) is 6.92 Å². The highest BCUT2D eigenvalue weighted by molar-refractivity contribution is 5.39. The molecule has 0 aliphatic heterocycles. The molecule has 0 aliphatic rings. The van der Waals surface area contributed by atoms with Gasteiger partial charge >= 0.3 is 0 Å². The summed E-state index contributed by atoms with van der Waals surface area (Å²) >= 11 is 0. The van der Waals surface area contributed by atoms with Gasteiger partial charge in [0.25, 0.3) is 5.56 Å². The first-order valence-electron chi connectivity index (χ1n) is 3.78. The van der Waals surface area contributed by atoms with E-state index in [1.54, 1.807) is 6.92 Å². The van der Waals surface area contributed by atoms with E-state index in [0.29, 0.717) is 17.2 Å². The topological polar surface area (TPSA) is 73.3 Å². The fourth-order valence-electron chi connectivity index (χ4n) is 1.12. The summed E-state index contributed by atoms with van der Waals surface area (Å²) in [6.45, 7) is 1.75. The van der Waals surface area contributed by atoms with Gasteiger partial charge in [-0.05, 0) is 6.92 Å². The predicted molar refractivity (Wildman–Crippen MR) is 48.4 cm³/mol. The van der Waals surface area contributed by atoms with Crippen LogP contribution in [-0.2, 0) is 0 Å². The van der Waals surface area contributed by atoms with Gasteiger partial charge in [-0.1, -0.05) is 0 Å². The standard InChI is InChI=1S/C8H8N4O/c1-5-2-7(13)12-4-6(9)3-10-8(12)11-5/h2-4H,9H2,1H3. The van der Waals surface area contributed by atoms with Crippen molar-refractivity contribution >= 4 is 11.5 Å². The van der Waals surface area contributed by atoms with E-state index in [9.17, 15) is 4.79 Å². The lowest BCUT2D eigenvalue weighted by Crippen LogP contribution is -2.15. The average molecular weight is 176 g/mol. The average Bonchev–Trinajstić information content (AvgIpc) is 2.06. The number of hydrogen-bond donors (Lipinski definition) is 1. The number of fused-ring (bicyclic) bond motifs is 1. The van der Waals surface area contributed by atoms with Crippen LogP contribution in [0.1, 0.15) is 5.69 Å². The summed E-state index contributed by atoms with van der Waals surface area (Å²) < 4.78 is 1.32. The minimum atomic E-state index is -0.165. The highest BCUT2D eigenvalue weighted by Gasteiger charge is 1.99. The van der Waals surface area contributed by atoms with Crippen molar-refractivity contribution in [1.82, 2.24) is 14.4 Å². The fraction of sp³-hybridized carbons (Fsp3) is 0.125. The SMILES string of the molecule is Cc1cc(=O)n2cc(N)cnc2n1. The predicted octanol–water partition coefficient (Wildman–Crippen LogP) is -0.0199. The quantitative estimate of drug-likeness (QED) is 0.612. The molecule has 2 aromatic heterocycles. The summed E-state index contributed by atoms with van der Waals surface area (Å²) in [5, 5.41) is 0. The highest BCUT2D eigenvalue weighted by Crippen LogP contribution is 1.99. The molecule has 0 saturated carbocycles. The summed E-state index contributed by atoms with van der Waals surface area (Å²) in [7, 11) is 0. The Bertz CT molecular complexity index is 517. The third-order valence-electron chi connectivity index (χ3n) is 1.67. The number of anilines is 1. The molecule has 0 fully saturated rings. The van der Waals surface area contributed by atoms with E-state index in [2.05, 4.69) is 9.97 Å². The molecule has 2 N–H and O–H groups in total. The Kier molecular flexibility index (Phi) is 1.51. The third kappa shape index (κ3) is 1.24. The van der Waals surface area contributed by atoms with Gasteiger partial charge in [0.05, 0.1) is 11.9 Å². The van der Waals surface area contributed by atoms with Crippen molar-refractivity contribution in [3.05, 3.63) is 34.5 Å². The lowest BCUT2D eigenvalue weighted by Gasteiger charge is -1.99. The van der Waals surface area contributed by atoms with Crippen molar-refractivity contribution in [2.45, 2.75) is 6.92 Å². The Morgan fingerprint density at radius 2 is 2.31 bits per heavy atom. The maximum atomic E-state index is 11.4. The summed E-state index contributed by atoms with van der Waals surface area (Å²) in [6, 6.07) is 1.44. The lowest BCUT2D eigenvalue weighted by molar-refractivity contribution is 0.977. The van der Waals surface area contributed by atoms with Crippen LogP contribution in [-0.4, -0.2) is 14.4 Å². The van der Waals surface area contributed by atoms with E-state index in [1.165, 1.54) is 22.9 Å². The molecule has 0 aromatic carbocycles. The molecule has 0 unspecified atom stereocenters. The minimum absolute atomic E-state index is 0.165. The lowest BCUT2D eigenvalue weighted by atomic mass is 10.4. The molecule has 0 amide bonds.